The number of carbonyl (C=O) groups is 1. The minimum atomic E-state index is 0.190. The Labute approximate surface area is 61.0 Å². The zero-order chi connectivity index (χ0) is 7.19. The fourth-order valence-corrected chi connectivity index (χ4v) is 2.19. The average molecular weight is 139 g/mol. The summed E-state index contributed by atoms with van der Waals surface area (Å²) in [5, 5.41) is 2.98. The average Bonchev–Trinajstić information content (AvgIpc) is 1.86. The topological polar surface area (TPSA) is 29.1 Å². The fourth-order valence-electron chi connectivity index (χ4n) is 2.19. The first-order chi connectivity index (χ1) is 4.72. The third kappa shape index (κ3) is 0.619. The van der Waals surface area contributed by atoms with Crippen LogP contribution in [0, 0.1) is 5.92 Å². The maximum absolute atomic E-state index is 11.0. The highest BCUT2D eigenvalue weighted by Gasteiger charge is 2.50. The van der Waals surface area contributed by atoms with Crippen LogP contribution in [0.2, 0.25) is 0 Å². The summed E-state index contributed by atoms with van der Waals surface area (Å²) in [5.41, 5.74) is 0.190. The molecular weight excluding hydrogens is 126 g/mol. The second-order valence-electron chi connectivity index (χ2n) is 3.71. The monoisotopic (exact) mass is 139 g/mol. The van der Waals surface area contributed by atoms with E-state index in [2.05, 4.69) is 12.2 Å². The summed E-state index contributed by atoms with van der Waals surface area (Å²) in [6, 6.07) is 0. The fraction of sp³-hybridized carbons (Fsp3) is 0.875. The Kier molecular flexibility index (Phi) is 1.08. The summed E-state index contributed by atoms with van der Waals surface area (Å²) in [5.74, 6) is 0.628. The van der Waals surface area contributed by atoms with Gasteiger partial charge in [-0.25, -0.2) is 0 Å². The van der Waals surface area contributed by atoms with Crippen molar-refractivity contribution in [3.63, 3.8) is 0 Å². The van der Waals surface area contributed by atoms with Crippen molar-refractivity contribution in [3.8, 4) is 0 Å². The zero-order valence-corrected chi connectivity index (χ0v) is 6.31. The standard InChI is InChI=1S/C8H13NO/c1-8-5-3-2-4-6(8)7(10)9-8/h6H,2-5H2,1H3,(H,9,10)/t6-,8+/m0/s1. The molecule has 0 spiro atoms. The van der Waals surface area contributed by atoms with E-state index in [4.69, 9.17) is 0 Å². The minimum absolute atomic E-state index is 0.190. The van der Waals surface area contributed by atoms with Gasteiger partial charge < -0.3 is 5.32 Å². The second kappa shape index (κ2) is 1.74. The number of rotatable bonds is 0. The van der Waals surface area contributed by atoms with Gasteiger partial charge in [-0.1, -0.05) is 12.8 Å². The van der Waals surface area contributed by atoms with Crippen molar-refractivity contribution in [1.82, 2.24) is 5.32 Å². The van der Waals surface area contributed by atoms with Gasteiger partial charge in [-0.3, -0.25) is 4.79 Å². The highest BCUT2D eigenvalue weighted by Crippen LogP contribution is 2.39. The summed E-state index contributed by atoms with van der Waals surface area (Å²) in [7, 11) is 0. The van der Waals surface area contributed by atoms with Crippen LogP contribution in [0.15, 0.2) is 0 Å². The molecule has 2 nitrogen and oxygen atoms in total. The molecule has 2 aliphatic rings. The van der Waals surface area contributed by atoms with Crippen molar-refractivity contribution in [2.24, 2.45) is 5.92 Å². The molecule has 1 aliphatic carbocycles. The molecule has 0 radical (unpaired) electrons. The van der Waals surface area contributed by atoms with Gasteiger partial charge in [0.15, 0.2) is 0 Å². The molecule has 56 valence electrons. The van der Waals surface area contributed by atoms with Gasteiger partial charge in [0.1, 0.15) is 0 Å². The molecule has 1 heterocycles. The third-order valence-electron chi connectivity index (χ3n) is 2.93. The number of β-lactam (4-membered cyclic amide) rings is 1. The van der Waals surface area contributed by atoms with Crippen molar-refractivity contribution in [2.75, 3.05) is 0 Å². The summed E-state index contributed by atoms with van der Waals surface area (Å²) in [6.07, 6.45) is 4.83. The predicted octanol–water partition coefficient (Wildman–Crippen LogP) is 1.07. The van der Waals surface area contributed by atoms with Crippen LogP contribution in [0.3, 0.4) is 0 Å². The Morgan fingerprint density at radius 1 is 1.60 bits per heavy atom. The summed E-state index contributed by atoms with van der Waals surface area (Å²) in [6.45, 7) is 2.16. The van der Waals surface area contributed by atoms with Crippen LogP contribution in [0.1, 0.15) is 32.6 Å². The van der Waals surface area contributed by atoms with E-state index in [1.165, 1.54) is 19.3 Å². The van der Waals surface area contributed by atoms with E-state index in [0.29, 0.717) is 5.92 Å². The Morgan fingerprint density at radius 3 is 2.90 bits per heavy atom. The van der Waals surface area contributed by atoms with Crippen LogP contribution in [0.25, 0.3) is 0 Å². The van der Waals surface area contributed by atoms with E-state index >= 15 is 0 Å². The molecule has 0 aromatic rings. The molecule has 0 bridgehead atoms. The maximum atomic E-state index is 11.0. The third-order valence-corrected chi connectivity index (χ3v) is 2.93. The number of amides is 1. The van der Waals surface area contributed by atoms with Crippen molar-refractivity contribution in [2.45, 2.75) is 38.1 Å². The second-order valence-corrected chi connectivity index (χ2v) is 3.71. The Bertz CT molecular complexity index is 178. The lowest BCUT2D eigenvalue weighted by molar-refractivity contribution is -0.143. The molecule has 1 amide bonds. The van der Waals surface area contributed by atoms with Gasteiger partial charge in [0.2, 0.25) is 5.91 Å². The van der Waals surface area contributed by atoms with Crippen molar-refractivity contribution < 1.29 is 4.79 Å². The van der Waals surface area contributed by atoms with E-state index < -0.39 is 0 Å². The van der Waals surface area contributed by atoms with Crippen LogP contribution in [0.5, 0.6) is 0 Å². The van der Waals surface area contributed by atoms with Gasteiger partial charge in [0.05, 0.1) is 5.92 Å². The van der Waals surface area contributed by atoms with Crippen LogP contribution < -0.4 is 5.32 Å². The zero-order valence-electron chi connectivity index (χ0n) is 6.31. The highest BCUT2D eigenvalue weighted by molar-refractivity contribution is 5.87. The lowest BCUT2D eigenvalue weighted by Gasteiger charge is -2.50. The normalized spacial score (nSPS) is 45.3. The molecule has 0 aromatic carbocycles. The number of fused-ring (bicyclic) bond motifs is 1. The molecule has 1 N–H and O–H groups in total. The Hall–Kier alpha value is -0.530. The molecular formula is C8H13NO. The summed E-state index contributed by atoms with van der Waals surface area (Å²) >= 11 is 0. The summed E-state index contributed by atoms with van der Waals surface area (Å²) in [4.78, 5) is 11.0. The van der Waals surface area contributed by atoms with Gasteiger partial charge in [0, 0.05) is 5.54 Å². The summed E-state index contributed by atoms with van der Waals surface area (Å²) < 4.78 is 0. The van der Waals surface area contributed by atoms with Crippen LogP contribution >= 0.6 is 0 Å². The van der Waals surface area contributed by atoms with E-state index in [9.17, 15) is 4.79 Å². The first-order valence-electron chi connectivity index (χ1n) is 4.04. The molecule has 10 heavy (non-hydrogen) atoms. The van der Waals surface area contributed by atoms with E-state index in [0.717, 1.165) is 6.42 Å². The molecule has 0 aromatic heterocycles. The van der Waals surface area contributed by atoms with Crippen molar-refractivity contribution >= 4 is 5.91 Å². The van der Waals surface area contributed by atoms with E-state index in [1.54, 1.807) is 0 Å². The van der Waals surface area contributed by atoms with Crippen LogP contribution in [-0.2, 0) is 4.79 Å². The van der Waals surface area contributed by atoms with Gasteiger partial charge in [0.25, 0.3) is 0 Å². The van der Waals surface area contributed by atoms with Gasteiger partial charge in [-0.15, -0.1) is 0 Å². The molecule has 2 atom stereocenters. The van der Waals surface area contributed by atoms with E-state index in [1.807, 2.05) is 0 Å². The van der Waals surface area contributed by atoms with Crippen LogP contribution in [0.4, 0.5) is 0 Å². The smallest absolute Gasteiger partial charge is 0.225 e. The van der Waals surface area contributed by atoms with Gasteiger partial charge in [-0.2, -0.15) is 0 Å². The lowest BCUT2D eigenvalue weighted by atomic mass is 9.68. The number of carbonyl (C=O) groups excluding carboxylic acids is 1. The van der Waals surface area contributed by atoms with Crippen molar-refractivity contribution in [1.29, 1.82) is 0 Å². The molecule has 1 saturated heterocycles. The Morgan fingerprint density at radius 2 is 2.40 bits per heavy atom. The highest BCUT2D eigenvalue weighted by atomic mass is 16.2. The van der Waals surface area contributed by atoms with E-state index in [-0.39, 0.29) is 11.4 Å². The molecule has 1 saturated carbocycles. The van der Waals surface area contributed by atoms with Gasteiger partial charge in [-0.05, 0) is 19.8 Å². The molecule has 2 rings (SSSR count). The molecule has 2 fully saturated rings. The molecule has 1 aliphatic heterocycles. The minimum Gasteiger partial charge on any atom is -0.350 e. The largest absolute Gasteiger partial charge is 0.350 e. The lowest BCUT2D eigenvalue weighted by Crippen LogP contribution is -2.68. The molecule has 0 unspecified atom stereocenters. The molecule has 2 heteroatoms. The van der Waals surface area contributed by atoms with Crippen molar-refractivity contribution in [3.05, 3.63) is 0 Å². The quantitative estimate of drug-likeness (QED) is 0.500. The number of hydrogen-bond acceptors (Lipinski definition) is 1. The number of nitrogens with one attached hydrogen (secondary N) is 1. The maximum Gasteiger partial charge on any atom is 0.225 e. The predicted molar refractivity (Wildman–Crippen MR) is 38.5 cm³/mol. The Balaban J connectivity index is 2.13. The first-order valence-corrected chi connectivity index (χ1v) is 4.04. The van der Waals surface area contributed by atoms with Gasteiger partial charge >= 0.3 is 0 Å². The number of hydrogen-bond donors (Lipinski definition) is 1. The van der Waals surface area contributed by atoms with Crippen LogP contribution in [-0.4, -0.2) is 11.4 Å². The first kappa shape index (κ1) is 6.20. The SMILES string of the molecule is C[C@@]12CCCC[C@H]1C(=O)N2.